The molecule has 13 heavy (non-hydrogen) atoms. The molecule has 0 N–H and O–H groups in total. The van der Waals surface area contributed by atoms with Crippen LogP contribution in [0.15, 0.2) is 18.2 Å². The highest BCUT2D eigenvalue weighted by Gasteiger charge is 2.12. The lowest BCUT2D eigenvalue weighted by Gasteiger charge is -2.00. The maximum Gasteiger partial charge on any atom is 0.306 e. The summed E-state index contributed by atoms with van der Waals surface area (Å²) in [7, 11) is -4.65. The summed E-state index contributed by atoms with van der Waals surface area (Å²) in [5.74, 6) is -1.60. The largest absolute Gasteiger partial charge is 0.306 e. The van der Waals surface area contributed by atoms with Crippen LogP contribution in [0, 0.1) is 12.7 Å². The molecule has 0 bridgehead atoms. The van der Waals surface area contributed by atoms with E-state index in [1.54, 1.807) is 6.92 Å². The fourth-order valence-electron chi connectivity index (χ4n) is 0.955. The van der Waals surface area contributed by atoms with Crippen LogP contribution in [0.2, 0.25) is 0 Å². The maximum atomic E-state index is 12.9. The molecule has 0 saturated heterocycles. The Kier molecular flexibility index (Phi) is 2.66. The molecule has 1 aromatic carbocycles. The van der Waals surface area contributed by atoms with Gasteiger partial charge >= 0.3 is 10.2 Å². The zero-order valence-corrected chi connectivity index (χ0v) is 7.74. The van der Waals surface area contributed by atoms with E-state index < -0.39 is 21.8 Å². The molecular formula is C8H8F2O2S. The predicted octanol–water partition coefficient (Wildman–Crippen LogP) is 1.93. The molecule has 0 unspecified atom stereocenters. The summed E-state index contributed by atoms with van der Waals surface area (Å²) in [5, 5.41) is 0. The topological polar surface area (TPSA) is 34.1 Å². The van der Waals surface area contributed by atoms with Gasteiger partial charge in [-0.1, -0.05) is 12.1 Å². The molecule has 0 aliphatic heterocycles. The Balaban J connectivity index is 3.04. The number of aryl methyl sites for hydroxylation is 1. The first-order chi connectivity index (χ1) is 5.88. The first-order valence-electron chi connectivity index (χ1n) is 3.56. The third-order valence-electron chi connectivity index (χ3n) is 1.54. The van der Waals surface area contributed by atoms with E-state index in [1.165, 1.54) is 18.2 Å². The minimum absolute atomic E-state index is 0.145. The van der Waals surface area contributed by atoms with Crippen molar-refractivity contribution in [2.24, 2.45) is 0 Å². The van der Waals surface area contributed by atoms with Gasteiger partial charge in [-0.05, 0) is 18.6 Å². The van der Waals surface area contributed by atoms with E-state index >= 15 is 0 Å². The van der Waals surface area contributed by atoms with Gasteiger partial charge in [0.05, 0.1) is 0 Å². The van der Waals surface area contributed by atoms with Gasteiger partial charge in [0.25, 0.3) is 0 Å². The van der Waals surface area contributed by atoms with Crippen LogP contribution in [0.3, 0.4) is 0 Å². The molecule has 0 saturated carbocycles. The van der Waals surface area contributed by atoms with Crippen molar-refractivity contribution in [2.75, 3.05) is 0 Å². The van der Waals surface area contributed by atoms with E-state index in [9.17, 15) is 16.7 Å². The molecule has 5 heteroatoms. The van der Waals surface area contributed by atoms with Crippen molar-refractivity contribution in [2.45, 2.75) is 12.7 Å². The van der Waals surface area contributed by atoms with Crippen LogP contribution in [-0.2, 0) is 16.0 Å². The average Bonchev–Trinajstić information content (AvgIpc) is 1.93. The fraction of sp³-hybridized carbons (Fsp3) is 0.250. The van der Waals surface area contributed by atoms with Crippen molar-refractivity contribution in [1.82, 2.24) is 0 Å². The molecule has 0 aliphatic carbocycles. The Labute approximate surface area is 75.4 Å². The van der Waals surface area contributed by atoms with E-state index in [4.69, 9.17) is 0 Å². The zero-order valence-electron chi connectivity index (χ0n) is 6.92. The lowest BCUT2D eigenvalue weighted by atomic mass is 10.2. The summed E-state index contributed by atoms with van der Waals surface area (Å²) in [6, 6.07) is 3.96. The first-order valence-corrected chi connectivity index (χ1v) is 5.11. The second-order valence-corrected chi connectivity index (χ2v) is 4.14. The summed E-state index contributed by atoms with van der Waals surface area (Å²) in [4.78, 5) is 0. The average molecular weight is 206 g/mol. The number of benzene rings is 1. The maximum absolute atomic E-state index is 12.9. The second kappa shape index (κ2) is 3.41. The molecule has 0 aliphatic rings. The molecule has 0 fully saturated rings. The number of hydrogen-bond acceptors (Lipinski definition) is 2. The number of rotatable bonds is 2. The van der Waals surface area contributed by atoms with Crippen LogP contribution in [0.4, 0.5) is 8.28 Å². The van der Waals surface area contributed by atoms with Crippen LogP contribution < -0.4 is 0 Å². The molecule has 72 valence electrons. The standard InChI is InChI=1S/C8H8F2O2S/c1-6-2-3-7(8(9)4-6)5-13(10,11)12/h2-4H,5H2,1H3. The SMILES string of the molecule is Cc1ccc(CS(=O)(=O)F)c(F)c1. The lowest BCUT2D eigenvalue weighted by molar-refractivity contribution is 0.547. The summed E-state index contributed by atoms with van der Waals surface area (Å²) in [6.45, 7) is 1.66. The van der Waals surface area contributed by atoms with Crippen LogP contribution >= 0.6 is 0 Å². The van der Waals surface area contributed by atoms with Gasteiger partial charge in [-0.15, -0.1) is 3.89 Å². The van der Waals surface area contributed by atoms with Gasteiger partial charge in [-0.3, -0.25) is 0 Å². The van der Waals surface area contributed by atoms with Gasteiger partial charge in [0.1, 0.15) is 11.6 Å². The Morgan fingerprint density at radius 2 is 2.00 bits per heavy atom. The molecule has 0 heterocycles. The lowest BCUT2D eigenvalue weighted by Crippen LogP contribution is -1.99. The number of halogens is 2. The normalized spacial score (nSPS) is 11.6. The molecule has 1 aromatic rings. The molecular weight excluding hydrogens is 198 g/mol. The quantitative estimate of drug-likeness (QED) is 0.693. The Bertz CT molecular complexity index is 412. The smallest absolute Gasteiger partial charge is 0.207 e. The van der Waals surface area contributed by atoms with Crippen molar-refractivity contribution in [3.05, 3.63) is 35.1 Å². The van der Waals surface area contributed by atoms with E-state index in [2.05, 4.69) is 0 Å². The van der Waals surface area contributed by atoms with Gasteiger partial charge in [-0.25, -0.2) is 4.39 Å². The van der Waals surface area contributed by atoms with Crippen LogP contribution in [-0.4, -0.2) is 8.42 Å². The minimum atomic E-state index is -4.65. The molecule has 0 atom stereocenters. The van der Waals surface area contributed by atoms with Crippen molar-refractivity contribution in [3.63, 3.8) is 0 Å². The van der Waals surface area contributed by atoms with Gasteiger partial charge in [0.2, 0.25) is 0 Å². The van der Waals surface area contributed by atoms with Crippen molar-refractivity contribution in [1.29, 1.82) is 0 Å². The van der Waals surface area contributed by atoms with Gasteiger partial charge in [0.15, 0.2) is 0 Å². The van der Waals surface area contributed by atoms with E-state index in [-0.39, 0.29) is 5.56 Å². The van der Waals surface area contributed by atoms with E-state index in [0.29, 0.717) is 5.56 Å². The van der Waals surface area contributed by atoms with Crippen LogP contribution in [0.25, 0.3) is 0 Å². The molecule has 0 amide bonds. The van der Waals surface area contributed by atoms with Gasteiger partial charge < -0.3 is 0 Å². The highest BCUT2D eigenvalue weighted by atomic mass is 32.3. The fourth-order valence-corrected chi connectivity index (χ4v) is 1.56. The third kappa shape index (κ3) is 3.10. The van der Waals surface area contributed by atoms with Crippen LogP contribution in [0.5, 0.6) is 0 Å². The Hall–Kier alpha value is -0.970. The van der Waals surface area contributed by atoms with E-state index in [0.717, 1.165) is 0 Å². The Morgan fingerprint density at radius 3 is 2.46 bits per heavy atom. The highest BCUT2D eigenvalue weighted by Crippen LogP contribution is 2.13. The van der Waals surface area contributed by atoms with Crippen molar-refractivity contribution >= 4 is 10.2 Å². The third-order valence-corrected chi connectivity index (χ3v) is 2.19. The minimum Gasteiger partial charge on any atom is -0.207 e. The summed E-state index contributed by atoms with van der Waals surface area (Å²) in [5.41, 5.74) is 0.519. The van der Waals surface area contributed by atoms with Gasteiger partial charge in [0, 0.05) is 5.56 Å². The Morgan fingerprint density at radius 1 is 1.38 bits per heavy atom. The molecule has 0 aromatic heterocycles. The van der Waals surface area contributed by atoms with Crippen molar-refractivity contribution in [3.8, 4) is 0 Å². The van der Waals surface area contributed by atoms with Crippen LogP contribution in [0.1, 0.15) is 11.1 Å². The summed E-state index contributed by atoms with van der Waals surface area (Å²) in [6.07, 6.45) is 0. The number of hydrogen-bond donors (Lipinski definition) is 0. The predicted molar refractivity (Wildman–Crippen MR) is 44.9 cm³/mol. The monoisotopic (exact) mass is 206 g/mol. The molecule has 1 rings (SSSR count). The summed E-state index contributed by atoms with van der Waals surface area (Å²) < 4.78 is 45.5. The van der Waals surface area contributed by atoms with E-state index in [1.807, 2.05) is 0 Å². The molecule has 2 nitrogen and oxygen atoms in total. The molecule has 0 radical (unpaired) electrons. The zero-order chi connectivity index (χ0) is 10.1. The van der Waals surface area contributed by atoms with Crippen molar-refractivity contribution < 1.29 is 16.7 Å². The summed E-state index contributed by atoms with van der Waals surface area (Å²) >= 11 is 0. The first kappa shape index (κ1) is 10.1. The second-order valence-electron chi connectivity index (χ2n) is 2.78. The van der Waals surface area contributed by atoms with Gasteiger partial charge in [-0.2, -0.15) is 8.42 Å². The molecule has 0 spiro atoms. The highest BCUT2D eigenvalue weighted by molar-refractivity contribution is 7.85.